The van der Waals surface area contributed by atoms with Gasteiger partial charge in [0.15, 0.2) is 5.78 Å². The van der Waals surface area contributed by atoms with Gasteiger partial charge in [0.1, 0.15) is 5.69 Å². The van der Waals surface area contributed by atoms with Crippen LogP contribution in [0.1, 0.15) is 48.0 Å². The Morgan fingerprint density at radius 1 is 1.44 bits per heavy atom. The zero-order valence-corrected chi connectivity index (χ0v) is 11.2. The fourth-order valence-electron chi connectivity index (χ4n) is 1.85. The van der Waals surface area contributed by atoms with Gasteiger partial charge in [-0.1, -0.05) is 0 Å². The molecule has 2 atom stereocenters. The average molecular weight is 252 g/mol. The number of Topliss-reactive ketones (excluding diaryl/α,β-unsaturated/α-hetero) is 1. The number of aryl methyl sites for hydroxylation is 1. The van der Waals surface area contributed by atoms with Crippen molar-refractivity contribution in [1.82, 2.24) is 9.88 Å². The molecule has 5 heteroatoms. The second kappa shape index (κ2) is 5.82. The van der Waals surface area contributed by atoms with Gasteiger partial charge in [0, 0.05) is 24.8 Å². The summed E-state index contributed by atoms with van der Waals surface area (Å²) >= 11 is 0. The van der Waals surface area contributed by atoms with Crippen LogP contribution in [0.4, 0.5) is 0 Å². The van der Waals surface area contributed by atoms with Gasteiger partial charge in [0.2, 0.25) is 0 Å². The maximum absolute atomic E-state index is 12.0. The minimum absolute atomic E-state index is 0.0679. The van der Waals surface area contributed by atoms with Crippen molar-refractivity contribution in [2.75, 3.05) is 0 Å². The molecule has 0 aliphatic heterocycles. The largest absolute Gasteiger partial charge is 0.393 e. The van der Waals surface area contributed by atoms with Crippen LogP contribution in [0, 0.1) is 0 Å². The van der Waals surface area contributed by atoms with Crippen molar-refractivity contribution in [2.45, 2.75) is 39.3 Å². The van der Waals surface area contributed by atoms with E-state index in [0.717, 1.165) is 0 Å². The van der Waals surface area contributed by atoms with Crippen LogP contribution in [0.15, 0.2) is 12.3 Å². The highest BCUT2D eigenvalue weighted by molar-refractivity contribution is 5.99. The normalized spacial score (nSPS) is 14.1. The Bertz CT molecular complexity index is 449. The molecule has 0 saturated heterocycles. The predicted molar refractivity (Wildman–Crippen MR) is 68.6 cm³/mol. The average Bonchev–Trinajstić information content (AvgIpc) is 2.58. The van der Waals surface area contributed by atoms with Gasteiger partial charge in [-0.3, -0.25) is 9.59 Å². The highest BCUT2D eigenvalue weighted by atomic mass is 16.3. The third-order valence-electron chi connectivity index (χ3n) is 2.72. The van der Waals surface area contributed by atoms with E-state index in [1.807, 2.05) is 6.92 Å². The molecule has 1 amide bonds. The molecule has 0 aliphatic rings. The van der Waals surface area contributed by atoms with Crippen molar-refractivity contribution in [3.63, 3.8) is 0 Å². The van der Waals surface area contributed by atoms with Crippen molar-refractivity contribution in [3.8, 4) is 0 Å². The molecule has 0 fully saturated rings. The van der Waals surface area contributed by atoms with E-state index in [2.05, 4.69) is 5.32 Å². The van der Waals surface area contributed by atoms with Gasteiger partial charge in [-0.05, 0) is 33.3 Å². The minimum atomic E-state index is -0.457. The van der Waals surface area contributed by atoms with E-state index in [-0.39, 0.29) is 17.7 Å². The zero-order valence-electron chi connectivity index (χ0n) is 11.2. The van der Waals surface area contributed by atoms with Gasteiger partial charge in [0.05, 0.1) is 6.10 Å². The molecule has 18 heavy (non-hydrogen) atoms. The number of nitrogens with one attached hydrogen (secondary N) is 1. The van der Waals surface area contributed by atoms with Gasteiger partial charge in [0.25, 0.3) is 5.91 Å². The fraction of sp³-hybridized carbons (Fsp3) is 0.538. The Kier molecular flexibility index (Phi) is 4.67. The predicted octanol–water partition coefficient (Wildman–Crippen LogP) is 1.12. The van der Waals surface area contributed by atoms with Gasteiger partial charge >= 0.3 is 0 Å². The molecule has 1 aromatic rings. The first-order valence-electron chi connectivity index (χ1n) is 5.97. The second-order valence-electron chi connectivity index (χ2n) is 4.74. The lowest BCUT2D eigenvalue weighted by atomic mass is 10.1. The molecule has 0 bridgehead atoms. The Hall–Kier alpha value is -1.62. The summed E-state index contributed by atoms with van der Waals surface area (Å²) < 4.78 is 1.63. The second-order valence-corrected chi connectivity index (χ2v) is 4.74. The monoisotopic (exact) mass is 252 g/mol. The molecule has 1 heterocycles. The molecule has 0 radical (unpaired) electrons. The summed E-state index contributed by atoms with van der Waals surface area (Å²) in [4.78, 5) is 23.2. The van der Waals surface area contributed by atoms with E-state index in [1.54, 1.807) is 30.8 Å². The van der Waals surface area contributed by atoms with Crippen LogP contribution in [0.5, 0.6) is 0 Å². The number of aliphatic hydroxyl groups is 1. The number of ketones is 1. The number of aromatic nitrogens is 1. The lowest BCUT2D eigenvalue weighted by molar-refractivity contribution is 0.0914. The van der Waals surface area contributed by atoms with E-state index >= 15 is 0 Å². The third-order valence-corrected chi connectivity index (χ3v) is 2.72. The first-order valence-corrected chi connectivity index (χ1v) is 5.97. The molecular formula is C13H20N2O3. The third kappa shape index (κ3) is 3.70. The van der Waals surface area contributed by atoms with E-state index < -0.39 is 6.10 Å². The Labute approximate surface area is 107 Å². The van der Waals surface area contributed by atoms with Gasteiger partial charge in [-0.2, -0.15) is 0 Å². The van der Waals surface area contributed by atoms with Crippen LogP contribution in [0.2, 0.25) is 0 Å². The van der Waals surface area contributed by atoms with Gasteiger partial charge in [-0.15, -0.1) is 0 Å². The van der Waals surface area contributed by atoms with Crippen LogP contribution in [0.3, 0.4) is 0 Å². The van der Waals surface area contributed by atoms with Crippen molar-refractivity contribution in [2.24, 2.45) is 7.05 Å². The SMILES string of the molecule is CC(=O)c1cc(C(=O)NC(C)CC(C)O)n(C)c1. The molecule has 2 unspecified atom stereocenters. The molecule has 1 aromatic heterocycles. The summed E-state index contributed by atoms with van der Waals surface area (Å²) in [6.07, 6.45) is 1.67. The molecule has 0 saturated carbocycles. The fourth-order valence-corrected chi connectivity index (χ4v) is 1.85. The first kappa shape index (κ1) is 14.4. The lowest BCUT2D eigenvalue weighted by Crippen LogP contribution is -2.35. The van der Waals surface area contributed by atoms with E-state index in [9.17, 15) is 14.7 Å². The summed E-state index contributed by atoms with van der Waals surface area (Å²) in [6.45, 7) is 4.98. The molecule has 1 rings (SSSR count). The quantitative estimate of drug-likeness (QED) is 0.771. The molecule has 2 N–H and O–H groups in total. The highest BCUT2D eigenvalue weighted by Gasteiger charge is 2.16. The molecule has 0 aromatic carbocycles. The summed E-state index contributed by atoms with van der Waals surface area (Å²) in [6, 6.07) is 1.46. The number of carbonyl (C=O) groups excluding carboxylic acids is 2. The number of carbonyl (C=O) groups is 2. The molecule has 100 valence electrons. The maximum atomic E-state index is 12.0. The van der Waals surface area contributed by atoms with E-state index in [4.69, 9.17) is 0 Å². The summed E-state index contributed by atoms with van der Waals surface area (Å²) in [5.74, 6) is -0.306. The number of hydrogen-bond donors (Lipinski definition) is 2. The summed E-state index contributed by atoms with van der Waals surface area (Å²) in [7, 11) is 1.72. The van der Waals surface area contributed by atoms with Crippen LogP contribution >= 0.6 is 0 Å². The minimum Gasteiger partial charge on any atom is -0.393 e. The summed E-state index contributed by atoms with van der Waals surface area (Å²) in [5, 5.41) is 12.0. The molecule has 0 spiro atoms. The smallest absolute Gasteiger partial charge is 0.268 e. The van der Waals surface area contributed by atoms with Gasteiger partial charge < -0.3 is 15.0 Å². The van der Waals surface area contributed by atoms with Crippen LogP contribution in [-0.2, 0) is 7.05 Å². The zero-order chi connectivity index (χ0) is 13.9. The summed E-state index contributed by atoms with van der Waals surface area (Å²) in [5.41, 5.74) is 0.962. The number of aliphatic hydroxyl groups excluding tert-OH is 1. The highest BCUT2D eigenvalue weighted by Crippen LogP contribution is 2.09. The van der Waals surface area contributed by atoms with E-state index in [1.165, 1.54) is 6.92 Å². The van der Waals surface area contributed by atoms with Crippen molar-refractivity contribution >= 4 is 11.7 Å². The molecular weight excluding hydrogens is 232 g/mol. The van der Waals surface area contributed by atoms with Crippen LogP contribution < -0.4 is 5.32 Å². The Morgan fingerprint density at radius 2 is 2.06 bits per heavy atom. The number of nitrogens with zero attached hydrogens (tertiary/aromatic N) is 1. The van der Waals surface area contributed by atoms with Crippen molar-refractivity contribution < 1.29 is 14.7 Å². The number of amides is 1. The standard InChI is InChI=1S/C13H20N2O3/c1-8(5-9(2)16)14-13(18)12-6-11(10(3)17)7-15(12)4/h6-9,16H,5H2,1-4H3,(H,14,18). The number of hydrogen-bond acceptors (Lipinski definition) is 3. The molecule has 5 nitrogen and oxygen atoms in total. The maximum Gasteiger partial charge on any atom is 0.268 e. The topological polar surface area (TPSA) is 71.3 Å². The van der Waals surface area contributed by atoms with Gasteiger partial charge in [-0.25, -0.2) is 0 Å². The van der Waals surface area contributed by atoms with Crippen LogP contribution in [-0.4, -0.2) is 33.5 Å². The Balaban J connectivity index is 2.75. The Morgan fingerprint density at radius 3 is 2.50 bits per heavy atom. The van der Waals surface area contributed by atoms with Crippen molar-refractivity contribution in [3.05, 3.63) is 23.5 Å². The van der Waals surface area contributed by atoms with E-state index in [0.29, 0.717) is 17.7 Å². The number of rotatable bonds is 5. The first-order chi connectivity index (χ1) is 8.31. The molecule has 0 aliphatic carbocycles. The lowest BCUT2D eigenvalue weighted by Gasteiger charge is -2.15. The van der Waals surface area contributed by atoms with Crippen LogP contribution in [0.25, 0.3) is 0 Å². The van der Waals surface area contributed by atoms with Crippen molar-refractivity contribution in [1.29, 1.82) is 0 Å².